The normalized spacial score (nSPS) is 17.1. The molecule has 0 fully saturated rings. The number of esters is 1. The predicted molar refractivity (Wildman–Crippen MR) is 109 cm³/mol. The zero-order chi connectivity index (χ0) is 24.0. The summed E-state index contributed by atoms with van der Waals surface area (Å²) in [5.74, 6) is -6.06. The second-order valence-corrected chi connectivity index (χ2v) is 7.40. The summed E-state index contributed by atoms with van der Waals surface area (Å²) < 4.78 is 11.3. The van der Waals surface area contributed by atoms with E-state index >= 15 is 0 Å². The highest BCUT2D eigenvalue weighted by Crippen LogP contribution is 2.46. The van der Waals surface area contributed by atoms with Crippen molar-refractivity contribution in [1.82, 2.24) is 0 Å². The summed E-state index contributed by atoms with van der Waals surface area (Å²) in [5, 5.41) is 78.2. The van der Waals surface area contributed by atoms with Crippen LogP contribution in [0.25, 0.3) is 0 Å². The lowest BCUT2D eigenvalue weighted by molar-refractivity contribution is -0.0189. The maximum Gasteiger partial charge on any atom is 0.338 e. The average molecular weight is 461 g/mol. The zero-order valence-corrected chi connectivity index (χ0v) is 16.6. The van der Waals surface area contributed by atoms with E-state index in [0.717, 1.165) is 30.3 Å². The van der Waals surface area contributed by atoms with Crippen LogP contribution in [0, 0.1) is 0 Å². The molecule has 0 aromatic heterocycles. The summed E-state index contributed by atoms with van der Waals surface area (Å²) in [4.78, 5) is 12.7. The number of phenolic OH excluding ortho intramolecular Hbond substituents is 8. The molecule has 0 unspecified atom stereocenters. The van der Waals surface area contributed by atoms with Gasteiger partial charge in [0.15, 0.2) is 40.6 Å². The molecule has 0 bridgehead atoms. The third-order valence-corrected chi connectivity index (χ3v) is 5.15. The third kappa shape index (κ3) is 3.87. The van der Waals surface area contributed by atoms with Crippen molar-refractivity contribution in [3.8, 4) is 51.7 Å². The molecule has 1 aliphatic rings. The van der Waals surface area contributed by atoms with E-state index in [1.807, 2.05) is 0 Å². The Kier molecular flexibility index (Phi) is 5.09. The van der Waals surface area contributed by atoms with Crippen LogP contribution < -0.4 is 4.74 Å². The fourth-order valence-corrected chi connectivity index (χ4v) is 3.55. The van der Waals surface area contributed by atoms with Gasteiger partial charge in [-0.1, -0.05) is 0 Å². The van der Waals surface area contributed by atoms with Crippen LogP contribution in [0.5, 0.6) is 51.7 Å². The summed E-state index contributed by atoms with van der Waals surface area (Å²) in [6, 6.07) is 6.18. The van der Waals surface area contributed by atoms with Gasteiger partial charge in [-0.2, -0.15) is 0 Å². The number of hydrogen-bond donors (Lipinski definition) is 8. The van der Waals surface area contributed by atoms with Crippen molar-refractivity contribution in [3.63, 3.8) is 0 Å². The molecule has 4 rings (SSSR count). The molecule has 0 saturated carbocycles. The minimum Gasteiger partial charge on any atom is -0.508 e. The lowest BCUT2D eigenvalue weighted by Crippen LogP contribution is -2.34. The molecule has 33 heavy (non-hydrogen) atoms. The van der Waals surface area contributed by atoms with E-state index in [2.05, 4.69) is 0 Å². The molecular weight excluding hydrogens is 443 g/mol. The number of phenols is 8. The van der Waals surface area contributed by atoms with Crippen LogP contribution in [0.3, 0.4) is 0 Å². The van der Waals surface area contributed by atoms with Gasteiger partial charge in [0.2, 0.25) is 0 Å². The van der Waals surface area contributed by atoms with Crippen LogP contribution >= 0.6 is 0 Å². The summed E-state index contributed by atoms with van der Waals surface area (Å²) in [6.07, 6.45) is -2.49. The van der Waals surface area contributed by atoms with E-state index in [1.54, 1.807) is 0 Å². The topological polar surface area (TPSA) is 197 Å². The van der Waals surface area contributed by atoms with Crippen LogP contribution in [0.4, 0.5) is 0 Å². The van der Waals surface area contributed by atoms with Crippen LogP contribution in [-0.4, -0.2) is 52.9 Å². The van der Waals surface area contributed by atoms with Gasteiger partial charge in [-0.15, -0.1) is 0 Å². The standard InChI is InChI=1S/C22H18O11/c23-10-5-12(24)11-7-18(33-22(31)9-3-15(27)20(30)16(28)4-9)21(32-17(11)6-10)8-1-13(25)19(29)14(26)2-8/h1-6,18,21,23-30H,7H2/t18-,21-/m1/s1/i7+1,18+1,21+1. The van der Waals surface area contributed by atoms with Crippen molar-refractivity contribution in [2.45, 2.75) is 18.6 Å². The Bertz CT molecular complexity index is 1220. The van der Waals surface area contributed by atoms with Crippen LogP contribution in [0.1, 0.15) is 27.6 Å². The Labute approximate surface area is 185 Å². The number of ether oxygens (including phenoxy) is 2. The van der Waals surface area contributed by atoms with Crippen molar-refractivity contribution in [2.75, 3.05) is 0 Å². The van der Waals surface area contributed by atoms with Gasteiger partial charge in [0.25, 0.3) is 0 Å². The van der Waals surface area contributed by atoms with Crippen molar-refractivity contribution in [1.29, 1.82) is 0 Å². The first-order valence-corrected chi connectivity index (χ1v) is 9.47. The zero-order valence-electron chi connectivity index (χ0n) is 16.6. The lowest BCUT2D eigenvalue weighted by atomic mass is 10.2. The molecule has 1 heterocycles. The van der Waals surface area contributed by atoms with E-state index in [0.29, 0.717) is 0 Å². The Hall–Kier alpha value is -4.67. The third-order valence-electron chi connectivity index (χ3n) is 5.15. The maximum atomic E-state index is 12.7. The smallest absolute Gasteiger partial charge is 0.338 e. The molecule has 0 radical (unpaired) electrons. The minimum absolute atomic E-state index is 0.0526. The molecule has 3 aromatic carbocycles. The predicted octanol–water partition coefficient (Wildman–Crippen LogP) is 2.23. The van der Waals surface area contributed by atoms with Crippen LogP contribution in [0.15, 0.2) is 36.4 Å². The molecule has 2 atom stereocenters. The molecular formula is C22H18O11. The molecule has 11 heteroatoms. The van der Waals surface area contributed by atoms with Gasteiger partial charge in [-0.05, 0) is 24.3 Å². The lowest BCUT2D eigenvalue weighted by Gasteiger charge is -2.34. The van der Waals surface area contributed by atoms with E-state index in [9.17, 15) is 45.6 Å². The quantitative estimate of drug-likeness (QED) is 0.162. The second kappa shape index (κ2) is 7.79. The maximum absolute atomic E-state index is 12.7. The fraction of sp³-hybridized carbons (Fsp3) is 0.136. The summed E-state index contributed by atoms with van der Waals surface area (Å²) >= 11 is 0. The highest BCUT2D eigenvalue weighted by Gasteiger charge is 2.37. The first-order valence-electron chi connectivity index (χ1n) is 9.47. The minimum atomic E-state index is -1.18. The van der Waals surface area contributed by atoms with Crippen molar-refractivity contribution in [3.05, 3.63) is 53.1 Å². The van der Waals surface area contributed by atoms with Gasteiger partial charge in [0.05, 0.1) is 5.56 Å². The van der Waals surface area contributed by atoms with Crippen molar-refractivity contribution >= 4 is 5.97 Å². The number of fused-ring (bicyclic) bond motifs is 1. The molecule has 0 aliphatic carbocycles. The highest BCUT2D eigenvalue weighted by atomic mass is 16.7. The number of carbonyl (C=O) groups is 1. The van der Waals surface area contributed by atoms with Gasteiger partial charge in [0, 0.05) is 29.7 Å². The fourth-order valence-electron chi connectivity index (χ4n) is 3.55. The number of carbonyl (C=O) groups excluding carboxylic acids is 1. The molecule has 11 nitrogen and oxygen atoms in total. The van der Waals surface area contributed by atoms with Crippen molar-refractivity contribution < 1.29 is 55.1 Å². The first-order chi connectivity index (χ1) is 15.5. The molecule has 0 amide bonds. The van der Waals surface area contributed by atoms with Gasteiger partial charge in [-0.3, -0.25) is 0 Å². The Morgan fingerprint density at radius 2 is 1.30 bits per heavy atom. The molecule has 0 spiro atoms. The number of aromatic hydroxyl groups is 8. The highest BCUT2D eigenvalue weighted by molar-refractivity contribution is 5.91. The van der Waals surface area contributed by atoms with Gasteiger partial charge >= 0.3 is 5.97 Å². The average Bonchev–Trinajstić information content (AvgIpc) is 2.75. The summed E-state index contributed by atoms with van der Waals surface area (Å²) in [5.41, 5.74) is -0.0189. The molecule has 0 saturated heterocycles. The number of hydrogen-bond acceptors (Lipinski definition) is 11. The summed E-state index contributed by atoms with van der Waals surface area (Å²) in [7, 11) is 0. The van der Waals surface area contributed by atoms with Crippen molar-refractivity contribution in [2.24, 2.45) is 0 Å². The van der Waals surface area contributed by atoms with E-state index in [4.69, 9.17) is 9.47 Å². The first kappa shape index (κ1) is 21.6. The largest absolute Gasteiger partial charge is 0.508 e. The Morgan fingerprint density at radius 3 is 1.88 bits per heavy atom. The van der Waals surface area contributed by atoms with Gasteiger partial charge in [-0.25, -0.2) is 4.79 Å². The monoisotopic (exact) mass is 461 g/mol. The molecule has 8 N–H and O–H groups in total. The summed E-state index contributed by atoms with van der Waals surface area (Å²) in [6.45, 7) is 0. The molecule has 172 valence electrons. The Morgan fingerprint density at radius 1 is 0.758 bits per heavy atom. The van der Waals surface area contributed by atoms with Crippen LogP contribution in [-0.2, 0) is 11.2 Å². The number of rotatable bonds is 3. The van der Waals surface area contributed by atoms with Gasteiger partial charge in [0.1, 0.15) is 23.4 Å². The second-order valence-electron chi connectivity index (χ2n) is 7.40. The molecule has 3 aromatic rings. The molecule has 1 aliphatic heterocycles. The van der Waals surface area contributed by atoms with E-state index in [-0.39, 0.29) is 40.4 Å². The van der Waals surface area contributed by atoms with Gasteiger partial charge < -0.3 is 50.3 Å². The van der Waals surface area contributed by atoms with E-state index in [1.165, 1.54) is 6.07 Å². The van der Waals surface area contributed by atoms with Crippen LogP contribution in [0.2, 0.25) is 0 Å². The SMILES string of the molecule is O=C(O[13C@@H]1[13CH2]c2c(O)cc(O)cc2O[13C@@H]1c1cc(O)c(O)c(O)c1)c1cc(O)c(O)c(O)c1. The Balaban J connectivity index is 1.75. The van der Waals surface area contributed by atoms with E-state index < -0.39 is 52.7 Å². The number of benzene rings is 3.